The topological polar surface area (TPSA) is 25.2 Å². The van der Waals surface area contributed by atoms with Crippen LogP contribution in [0.1, 0.15) is 24.4 Å². The van der Waals surface area contributed by atoms with Crippen LogP contribution in [-0.2, 0) is 6.54 Å². The number of piperidine rings is 1. The fourth-order valence-corrected chi connectivity index (χ4v) is 3.78. The molecule has 0 bridgehead atoms. The smallest absolute Gasteiger partial charge is 0.251 e. The first-order chi connectivity index (χ1) is 12.2. The van der Waals surface area contributed by atoms with Gasteiger partial charge < -0.3 is 4.57 Å². The summed E-state index contributed by atoms with van der Waals surface area (Å²) in [4.78, 5) is 14.9. The Balaban J connectivity index is 1.55. The van der Waals surface area contributed by atoms with Gasteiger partial charge in [0.1, 0.15) is 5.82 Å². The summed E-state index contributed by atoms with van der Waals surface area (Å²) in [6.45, 7) is 2.82. The van der Waals surface area contributed by atoms with Gasteiger partial charge in [0.2, 0.25) is 0 Å². The molecule has 1 aromatic heterocycles. The average molecular weight is 336 g/mol. The van der Waals surface area contributed by atoms with Gasteiger partial charge in [0, 0.05) is 31.7 Å². The Morgan fingerprint density at radius 3 is 2.44 bits per heavy atom. The summed E-state index contributed by atoms with van der Waals surface area (Å²) in [6.07, 6.45) is 1.81. The molecule has 1 saturated heterocycles. The van der Waals surface area contributed by atoms with Gasteiger partial charge in [-0.05, 0) is 48.1 Å². The largest absolute Gasteiger partial charge is 0.305 e. The lowest BCUT2D eigenvalue weighted by Gasteiger charge is -2.33. The van der Waals surface area contributed by atoms with Crippen molar-refractivity contribution in [3.8, 4) is 0 Å². The maximum absolute atomic E-state index is 13.7. The molecule has 0 saturated carbocycles. The molecular formula is C21H21FN2O. The zero-order valence-corrected chi connectivity index (χ0v) is 14.1. The molecular weight excluding hydrogens is 315 g/mol. The van der Waals surface area contributed by atoms with Gasteiger partial charge in [-0.15, -0.1) is 0 Å². The zero-order valence-electron chi connectivity index (χ0n) is 14.1. The van der Waals surface area contributed by atoms with Crippen molar-refractivity contribution in [2.75, 3.05) is 13.1 Å². The van der Waals surface area contributed by atoms with E-state index >= 15 is 0 Å². The Morgan fingerprint density at radius 1 is 0.960 bits per heavy atom. The van der Waals surface area contributed by atoms with Gasteiger partial charge in [-0.1, -0.05) is 30.3 Å². The normalized spacial score (nSPS) is 16.4. The van der Waals surface area contributed by atoms with E-state index in [1.165, 1.54) is 17.7 Å². The molecule has 0 atom stereocenters. The minimum atomic E-state index is -0.298. The number of nitrogens with zero attached hydrogens (tertiary/aromatic N) is 2. The number of hydrogen-bond acceptors (Lipinski definition) is 2. The van der Waals surface area contributed by atoms with Crippen LogP contribution in [0.15, 0.2) is 65.5 Å². The number of rotatable bonds is 3. The second-order valence-corrected chi connectivity index (χ2v) is 6.74. The summed E-state index contributed by atoms with van der Waals surface area (Å²) >= 11 is 0. The van der Waals surface area contributed by atoms with Crippen LogP contribution >= 0.6 is 0 Å². The van der Waals surface area contributed by atoms with E-state index in [1.807, 2.05) is 6.07 Å². The molecule has 25 heavy (non-hydrogen) atoms. The van der Waals surface area contributed by atoms with E-state index in [0.717, 1.165) is 37.9 Å². The lowest BCUT2D eigenvalue weighted by Crippen LogP contribution is -2.37. The van der Waals surface area contributed by atoms with E-state index in [1.54, 1.807) is 22.8 Å². The Hall–Kier alpha value is -2.46. The molecule has 1 aliphatic rings. The summed E-state index contributed by atoms with van der Waals surface area (Å²) in [5.41, 5.74) is 1.97. The molecule has 4 heteroatoms. The number of hydrogen-bond donors (Lipinski definition) is 0. The van der Waals surface area contributed by atoms with Crippen molar-refractivity contribution in [1.29, 1.82) is 0 Å². The van der Waals surface area contributed by atoms with Gasteiger partial charge in [-0.25, -0.2) is 4.39 Å². The molecule has 0 N–H and O–H groups in total. The minimum absolute atomic E-state index is 0.0420. The second kappa shape index (κ2) is 6.81. The molecule has 1 aliphatic heterocycles. The monoisotopic (exact) mass is 336 g/mol. The lowest BCUT2D eigenvalue weighted by molar-refractivity contribution is 0.180. The van der Waals surface area contributed by atoms with Crippen molar-refractivity contribution in [2.24, 2.45) is 0 Å². The second-order valence-electron chi connectivity index (χ2n) is 6.74. The fourth-order valence-electron chi connectivity index (χ4n) is 3.78. The Labute approximate surface area is 146 Å². The van der Waals surface area contributed by atoms with Crippen molar-refractivity contribution >= 4 is 10.9 Å². The SMILES string of the molecule is O=c1ccc2ccc(F)cc2n1C1CCN(Cc2ccccc2)CC1. The number of likely N-dealkylation sites (tertiary alicyclic amines) is 1. The molecule has 3 aromatic rings. The van der Waals surface area contributed by atoms with Gasteiger partial charge in [0.25, 0.3) is 5.56 Å². The molecule has 3 nitrogen and oxygen atoms in total. The number of halogens is 1. The van der Waals surface area contributed by atoms with Gasteiger partial charge in [-0.2, -0.15) is 0 Å². The highest BCUT2D eigenvalue weighted by atomic mass is 19.1. The Bertz CT molecular complexity index is 928. The van der Waals surface area contributed by atoms with Crippen LogP contribution in [-0.4, -0.2) is 22.6 Å². The molecule has 0 amide bonds. The third-order valence-electron chi connectivity index (χ3n) is 5.07. The third kappa shape index (κ3) is 3.35. The Morgan fingerprint density at radius 2 is 1.68 bits per heavy atom. The number of benzene rings is 2. The number of fused-ring (bicyclic) bond motifs is 1. The van der Waals surface area contributed by atoms with Gasteiger partial charge in [0.05, 0.1) is 5.52 Å². The van der Waals surface area contributed by atoms with E-state index in [0.29, 0.717) is 5.52 Å². The van der Waals surface area contributed by atoms with Crippen LogP contribution in [0.2, 0.25) is 0 Å². The van der Waals surface area contributed by atoms with Crippen LogP contribution in [0.3, 0.4) is 0 Å². The van der Waals surface area contributed by atoms with E-state index in [4.69, 9.17) is 0 Å². The maximum Gasteiger partial charge on any atom is 0.251 e. The van der Waals surface area contributed by atoms with Gasteiger partial charge in [0.15, 0.2) is 0 Å². The number of aromatic nitrogens is 1. The van der Waals surface area contributed by atoms with E-state index < -0.39 is 0 Å². The fraction of sp³-hybridized carbons (Fsp3) is 0.286. The summed E-state index contributed by atoms with van der Waals surface area (Å²) in [6, 6.07) is 18.6. The molecule has 0 spiro atoms. The van der Waals surface area contributed by atoms with Crippen molar-refractivity contribution in [1.82, 2.24) is 9.47 Å². The first kappa shape index (κ1) is 16.0. The van der Waals surface area contributed by atoms with E-state index in [2.05, 4.69) is 29.2 Å². The number of pyridine rings is 1. The predicted octanol–water partition coefficient (Wildman–Crippen LogP) is 3.98. The molecule has 0 radical (unpaired) electrons. The standard InChI is InChI=1S/C21H21FN2O/c22-18-8-6-17-7-9-21(25)24(20(17)14-18)19-10-12-23(13-11-19)15-16-4-2-1-3-5-16/h1-9,14,19H,10-13,15H2. The summed E-state index contributed by atoms with van der Waals surface area (Å²) < 4.78 is 15.5. The van der Waals surface area contributed by atoms with Gasteiger partial charge >= 0.3 is 0 Å². The van der Waals surface area contributed by atoms with Gasteiger partial charge in [-0.3, -0.25) is 9.69 Å². The highest BCUT2D eigenvalue weighted by Gasteiger charge is 2.22. The van der Waals surface area contributed by atoms with Crippen LogP contribution < -0.4 is 5.56 Å². The van der Waals surface area contributed by atoms with Crippen LogP contribution in [0.5, 0.6) is 0 Å². The summed E-state index contributed by atoms with van der Waals surface area (Å²) in [5.74, 6) is -0.298. The van der Waals surface area contributed by atoms with Crippen molar-refractivity contribution < 1.29 is 4.39 Å². The highest BCUT2D eigenvalue weighted by molar-refractivity contribution is 5.79. The molecule has 4 rings (SSSR count). The van der Waals surface area contributed by atoms with Crippen LogP contribution in [0.4, 0.5) is 4.39 Å². The quantitative estimate of drug-likeness (QED) is 0.723. The first-order valence-corrected chi connectivity index (χ1v) is 8.78. The van der Waals surface area contributed by atoms with Crippen molar-refractivity contribution in [3.05, 3.63) is 82.4 Å². The molecule has 1 fully saturated rings. The minimum Gasteiger partial charge on any atom is -0.305 e. The summed E-state index contributed by atoms with van der Waals surface area (Å²) in [7, 11) is 0. The predicted molar refractivity (Wildman–Crippen MR) is 98.2 cm³/mol. The van der Waals surface area contributed by atoms with Crippen molar-refractivity contribution in [2.45, 2.75) is 25.4 Å². The van der Waals surface area contributed by atoms with Crippen LogP contribution in [0, 0.1) is 5.82 Å². The zero-order chi connectivity index (χ0) is 17.2. The van der Waals surface area contributed by atoms with Crippen molar-refractivity contribution in [3.63, 3.8) is 0 Å². The first-order valence-electron chi connectivity index (χ1n) is 8.78. The summed E-state index contributed by atoms with van der Waals surface area (Å²) in [5, 5.41) is 0.910. The average Bonchev–Trinajstić information content (AvgIpc) is 2.63. The molecule has 128 valence electrons. The maximum atomic E-state index is 13.7. The van der Waals surface area contributed by atoms with Crippen LogP contribution in [0.25, 0.3) is 10.9 Å². The van der Waals surface area contributed by atoms with E-state index in [-0.39, 0.29) is 17.4 Å². The Kier molecular flexibility index (Phi) is 4.36. The van der Waals surface area contributed by atoms with E-state index in [9.17, 15) is 9.18 Å². The molecule has 2 heterocycles. The molecule has 2 aromatic carbocycles. The molecule has 0 aliphatic carbocycles. The lowest BCUT2D eigenvalue weighted by atomic mass is 10.0. The third-order valence-corrected chi connectivity index (χ3v) is 5.07. The highest BCUT2D eigenvalue weighted by Crippen LogP contribution is 2.26. The molecule has 0 unspecified atom stereocenters.